The number of carbonyl (C=O) groups excluding carboxylic acids is 1. The third-order valence-corrected chi connectivity index (χ3v) is 3.26. The Morgan fingerprint density at radius 3 is 2.80 bits per heavy atom. The van der Waals surface area contributed by atoms with Crippen LogP contribution in [0.5, 0.6) is 0 Å². The molecular weight excluding hydrogens is 320 g/mol. The first-order valence-corrected chi connectivity index (χ1v) is 6.83. The molecule has 0 bridgehead atoms. The van der Waals surface area contributed by atoms with Gasteiger partial charge in [-0.3, -0.25) is 4.79 Å². The Hall–Kier alpha value is -1.92. The molecule has 0 unspecified atom stereocenters. The van der Waals surface area contributed by atoms with E-state index in [9.17, 15) is 4.79 Å². The van der Waals surface area contributed by atoms with Gasteiger partial charge in [0.2, 0.25) is 0 Å². The molecule has 0 fully saturated rings. The molecule has 6 heteroatoms. The summed E-state index contributed by atoms with van der Waals surface area (Å²) in [5.41, 5.74) is 3.83. The summed E-state index contributed by atoms with van der Waals surface area (Å²) >= 11 is 3.41. The van der Waals surface area contributed by atoms with Gasteiger partial charge in [0.05, 0.1) is 0 Å². The second-order valence-corrected chi connectivity index (χ2v) is 5.26. The van der Waals surface area contributed by atoms with Crippen molar-refractivity contribution in [3.8, 4) is 0 Å². The number of benzene rings is 1. The monoisotopic (exact) mass is 334 g/mol. The van der Waals surface area contributed by atoms with Crippen molar-refractivity contribution in [1.29, 1.82) is 0 Å². The fourth-order valence-corrected chi connectivity index (χ4v) is 2.26. The number of anilines is 1. The van der Waals surface area contributed by atoms with Crippen LogP contribution in [-0.2, 0) is 6.54 Å². The molecule has 2 aromatic rings. The number of hydrogen-bond acceptors (Lipinski definition) is 4. The van der Waals surface area contributed by atoms with Gasteiger partial charge in [-0.2, -0.15) is 0 Å². The Bertz CT molecular complexity index is 618. The number of aromatic nitrogens is 1. The summed E-state index contributed by atoms with van der Waals surface area (Å²) in [4.78, 5) is 18.0. The Kier molecular flexibility index (Phi) is 4.70. The van der Waals surface area contributed by atoms with Crippen LogP contribution >= 0.6 is 15.9 Å². The Morgan fingerprint density at radius 2 is 2.10 bits per heavy atom. The van der Waals surface area contributed by atoms with Gasteiger partial charge >= 0.3 is 0 Å². The molecule has 0 aliphatic carbocycles. The lowest BCUT2D eigenvalue weighted by molar-refractivity contribution is 0.0779. The molecule has 1 aromatic carbocycles. The van der Waals surface area contributed by atoms with Gasteiger partial charge in [0.1, 0.15) is 11.5 Å². The molecule has 0 aliphatic rings. The summed E-state index contributed by atoms with van der Waals surface area (Å²) < 4.78 is 0.989. The highest BCUT2D eigenvalue weighted by molar-refractivity contribution is 9.10. The average molecular weight is 335 g/mol. The maximum absolute atomic E-state index is 12.3. The van der Waals surface area contributed by atoms with Gasteiger partial charge in [-0.05, 0) is 29.8 Å². The molecule has 0 atom stereocenters. The number of carbonyl (C=O) groups is 1. The molecule has 20 heavy (non-hydrogen) atoms. The van der Waals surface area contributed by atoms with Crippen LogP contribution < -0.4 is 11.3 Å². The number of pyridine rings is 1. The number of amides is 1. The van der Waals surface area contributed by atoms with E-state index in [1.54, 1.807) is 30.1 Å². The Morgan fingerprint density at radius 1 is 1.35 bits per heavy atom. The third kappa shape index (κ3) is 3.55. The standard InChI is InChI=1S/C14H15BrN4O/c1-19(9-10-4-2-5-11(15)8-10)14(20)12-6-3-7-13(17-12)18-16/h2-8H,9,16H2,1H3,(H,17,18). The molecule has 1 amide bonds. The Labute approximate surface area is 125 Å². The first kappa shape index (κ1) is 14.5. The average Bonchev–Trinajstić information content (AvgIpc) is 2.46. The summed E-state index contributed by atoms with van der Waals surface area (Å²) in [6, 6.07) is 12.9. The lowest BCUT2D eigenvalue weighted by Crippen LogP contribution is -2.27. The maximum Gasteiger partial charge on any atom is 0.272 e. The molecule has 1 aromatic heterocycles. The first-order valence-electron chi connectivity index (χ1n) is 6.03. The fraction of sp³-hybridized carbons (Fsp3) is 0.143. The van der Waals surface area contributed by atoms with Crippen molar-refractivity contribution < 1.29 is 4.79 Å². The minimum atomic E-state index is -0.151. The maximum atomic E-state index is 12.3. The topological polar surface area (TPSA) is 71.2 Å². The van der Waals surface area contributed by atoms with E-state index in [1.165, 1.54) is 0 Å². The molecule has 0 radical (unpaired) electrons. The quantitative estimate of drug-likeness (QED) is 0.665. The van der Waals surface area contributed by atoms with Crippen LogP contribution in [0.15, 0.2) is 46.9 Å². The van der Waals surface area contributed by atoms with Gasteiger partial charge in [-0.1, -0.05) is 34.1 Å². The SMILES string of the molecule is CN(Cc1cccc(Br)c1)C(=O)c1cccc(NN)n1. The minimum Gasteiger partial charge on any atom is -0.336 e. The van der Waals surface area contributed by atoms with Crippen molar-refractivity contribution in [2.75, 3.05) is 12.5 Å². The normalized spacial score (nSPS) is 10.2. The number of nitrogens with one attached hydrogen (secondary N) is 1. The van der Waals surface area contributed by atoms with Crippen LogP contribution in [0.2, 0.25) is 0 Å². The van der Waals surface area contributed by atoms with E-state index in [-0.39, 0.29) is 5.91 Å². The number of nitrogens with two attached hydrogens (primary N) is 1. The van der Waals surface area contributed by atoms with Gasteiger partial charge in [-0.25, -0.2) is 10.8 Å². The molecule has 2 rings (SSSR count). The summed E-state index contributed by atoms with van der Waals surface area (Å²) in [6.07, 6.45) is 0. The van der Waals surface area contributed by atoms with E-state index in [0.29, 0.717) is 18.1 Å². The van der Waals surface area contributed by atoms with Crippen molar-refractivity contribution in [2.45, 2.75) is 6.54 Å². The molecule has 1 heterocycles. The van der Waals surface area contributed by atoms with Crippen LogP contribution in [0.3, 0.4) is 0 Å². The van der Waals surface area contributed by atoms with E-state index in [4.69, 9.17) is 5.84 Å². The highest BCUT2D eigenvalue weighted by atomic mass is 79.9. The van der Waals surface area contributed by atoms with Crippen LogP contribution in [0, 0.1) is 0 Å². The zero-order chi connectivity index (χ0) is 14.5. The Balaban J connectivity index is 2.12. The van der Waals surface area contributed by atoms with E-state index in [2.05, 4.69) is 26.3 Å². The number of hydrazine groups is 1. The summed E-state index contributed by atoms with van der Waals surface area (Å²) in [5, 5.41) is 0. The number of halogens is 1. The van der Waals surface area contributed by atoms with Gasteiger partial charge < -0.3 is 10.3 Å². The summed E-state index contributed by atoms with van der Waals surface area (Å²) in [7, 11) is 1.74. The van der Waals surface area contributed by atoms with Crippen LogP contribution in [0.25, 0.3) is 0 Å². The highest BCUT2D eigenvalue weighted by Crippen LogP contribution is 2.14. The van der Waals surface area contributed by atoms with E-state index >= 15 is 0 Å². The molecule has 0 saturated heterocycles. The van der Waals surface area contributed by atoms with Crippen LogP contribution in [0.4, 0.5) is 5.82 Å². The smallest absolute Gasteiger partial charge is 0.272 e. The number of hydrogen-bond donors (Lipinski definition) is 2. The number of nitrogens with zero attached hydrogens (tertiary/aromatic N) is 2. The van der Waals surface area contributed by atoms with E-state index < -0.39 is 0 Å². The third-order valence-electron chi connectivity index (χ3n) is 2.77. The molecular formula is C14H15BrN4O. The summed E-state index contributed by atoms with van der Waals surface area (Å²) in [5.74, 6) is 5.61. The van der Waals surface area contributed by atoms with Gasteiger partial charge in [0.15, 0.2) is 0 Å². The number of rotatable bonds is 4. The summed E-state index contributed by atoms with van der Waals surface area (Å²) in [6.45, 7) is 0.514. The fourth-order valence-electron chi connectivity index (χ4n) is 1.81. The van der Waals surface area contributed by atoms with Crippen molar-refractivity contribution in [1.82, 2.24) is 9.88 Å². The lowest BCUT2D eigenvalue weighted by atomic mass is 10.2. The zero-order valence-electron chi connectivity index (χ0n) is 11.0. The molecule has 0 saturated carbocycles. The van der Waals surface area contributed by atoms with Crippen molar-refractivity contribution in [3.05, 3.63) is 58.2 Å². The molecule has 5 nitrogen and oxygen atoms in total. The predicted molar refractivity (Wildman–Crippen MR) is 82.0 cm³/mol. The highest BCUT2D eigenvalue weighted by Gasteiger charge is 2.13. The van der Waals surface area contributed by atoms with Crippen LogP contribution in [0.1, 0.15) is 16.1 Å². The molecule has 3 N–H and O–H groups in total. The predicted octanol–water partition coefficient (Wildman–Crippen LogP) is 2.40. The minimum absolute atomic E-state index is 0.151. The molecule has 0 aliphatic heterocycles. The second-order valence-electron chi connectivity index (χ2n) is 4.34. The zero-order valence-corrected chi connectivity index (χ0v) is 12.6. The molecule has 0 spiro atoms. The molecule has 104 valence electrons. The van der Waals surface area contributed by atoms with Gasteiger partial charge in [0.25, 0.3) is 5.91 Å². The van der Waals surface area contributed by atoms with Crippen molar-refractivity contribution in [3.63, 3.8) is 0 Å². The van der Waals surface area contributed by atoms with Crippen molar-refractivity contribution in [2.24, 2.45) is 5.84 Å². The van der Waals surface area contributed by atoms with Gasteiger partial charge in [0, 0.05) is 18.1 Å². The first-order chi connectivity index (χ1) is 9.60. The van der Waals surface area contributed by atoms with E-state index in [1.807, 2.05) is 24.3 Å². The second kappa shape index (κ2) is 6.49. The lowest BCUT2D eigenvalue weighted by Gasteiger charge is -2.17. The van der Waals surface area contributed by atoms with Crippen molar-refractivity contribution >= 4 is 27.7 Å². The largest absolute Gasteiger partial charge is 0.336 e. The van der Waals surface area contributed by atoms with Crippen LogP contribution in [-0.4, -0.2) is 22.8 Å². The van der Waals surface area contributed by atoms with E-state index in [0.717, 1.165) is 10.0 Å². The number of nitrogen functional groups attached to an aromatic ring is 1. The van der Waals surface area contributed by atoms with Gasteiger partial charge in [-0.15, -0.1) is 0 Å².